The molecule has 0 aliphatic carbocycles. The van der Waals surface area contributed by atoms with Gasteiger partial charge in [0.2, 0.25) is 0 Å². The Kier molecular flexibility index (Phi) is 5.32. The highest BCUT2D eigenvalue weighted by atomic mass is 16.5. The van der Waals surface area contributed by atoms with E-state index in [0.29, 0.717) is 0 Å². The van der Waals surface area contributed by atoms with E-state index < -0.39 is 17.9 Å². The second-order valence-electron chi connectivity index (χ2n) is 4.09. The van der Waals surface area contributed by atoms with E-state index in [1.165, 1.54) is 18.0 Å². The Morgan fingerprint density at radius 2 is 2.16 bits per heavy atom. The number of aromatic hydroxyl groups is 1. The number of esters is 1. The van der Waals surface area contributed by atoms with Crippen LogP contribution in [0.15, 0.2) is 24.3 Å². The summed E-state index contributed by atoms with van der Waals surface area (Å²) in [4.78, 5) is 24.6. The summed E-state index contributed by atoms with van der Waals surface area (Å²) < 4.78 is 4.69. The van der Waals surface area contributed by atoms with Crippen molar-refractivity contribution >= 4 is 11.9 Å². The molecule has 6 heteroatoms. The van der Waals surface area contributed by atoms with Crippen molar-refractivity contribution in [2.45, 2.75) is 19.5 Å². The lowest BCUT2D eigenvalue weighted by Gasteiger charge is -2.20. The molecule has 3 N–H and O–H groups in total. The van der Waals surface area contributed by atoms with Crippen molar-refractivity contribution in [1.82, 2.24) is 4.90 Å². The molecule has 1 atom stereocenters. The Morgan fingerprint density at radius 1 is 1.47 bits per heavy atom. The van der Waals surface area contributed by atoms with Crippen LogP contribution >= 0.6 is 0 Å². The fourth-order valence-electron chi connectivity index (χ4n) is 1.58. The Morgan fingerprint density at radius 3 is 2.74 bits per heavy atom. The standard InChI is InChI=1S/C13H18N2O4/c1-3-19-13(18)11(14)12(17)15(2)8-9-5-4-6-10(16)7-9/h4-7,11,16H,3,8,14H2,1-2H3. The van der Waals surface area contributed by atoms with E-state index in [0.717, 1.165) is 5.56 Å². The molecule has 19 heavy (non-hydrogen) atoms. The van der Waals surface area contributed by atoms with Crippen molar-refractivity contribution in [3.05, 3.63) is 29.8 Å². The van der Waals surface area contributed by atoms with Gasteiger partial charge in [-0.3, -0.25) is 4.79 Å². The van der Waals surface area contributed by atoms with E-state index in [-0.39, 0.29) is 18.9 Å². The fourth-order valence-corrected chi connectivity index (χ4v) is 1.58. The van der Waals surface area contributed by atoms with E-state index in [1.54, 1.807) is 25.1 Å². The van der Waals surface area contributed by atoms with Crippen molar-refractivity contribution in [2.75, 3.05) is 13.7 Å². The molecule has 104 valence electrons. The van der Waals surface area contributed by atoms with Crippen LogP contribution in [0, 0.1) is 0 Å². The highest BCUT2D eigenvalue weighted by molar-refractivity contribution is 6.01. The molecule has 1 aromatic carbocycles. The van der Waals surface area contributed by atoms with Crippen molar-refractivity contribution in [3.63, 3.8) is 0 Å². The van der Waals surface area contributed by atoms with Crippen LogP contribution in [0.5, 0.6) is 5.75 Å². The van der Waals surface area contributed by atoms with Crippen LogP contribution in [-0.2, 0) is 20.9 Å². The van der Waals surface area contributed by atoms with Gasteiger partial charge >= 0.3 is 5.97 Å². The maximum absolute atomic E-state index is 11.9. The number of likely N-dealkylation sites (N-methyl/N-ethyl adjacent to an activating group) is 1. The molecule has 0 bridgehead atoms. The zero-order valence-electron chi connectivity index (χ0n) is 11.0. The summed E-state index contributed by atoms with van der Waals surface area (Å²) in [6, 6.07) is 5.20. The van der Waals surface area contributed by atoms with Crippen LogP contribution in [0.3, 0.4) is 0 Å². The lowest BCUT2D eigenvalue weighted by atomic mass is 10.2. The smallest absolute Gasteiger partial charge is 0.332 e. The number of carbonyl (C=O) groups excluding carboxylic acids is 2. The van der Waals surface area contributed by atoms with Crippen molar-refractivity contribution in [3.8, 4) is 5.75 Å². The lowest BCUT2D eigenvalue weighted by Crippen LogP contribution is -2.47. The van der Waals surface area contributed by atoms with Gasteiger partial charge in [-0.15, -0.1) is 0 Å². The van der Waals surface area contributed by atoms with Gasteiger partial charge in [-0.05, 0) is 24.6 Å². The van der Waals surface area contributed by atoms with Crippen LogP contribution < -0.4 is 5.73 Å². The fraction of sp³-hybridized carbons (Fsp3) is 0.385. The topological polar surface area (TPSA) is 92.9 Å². The minimum Gasteiger partial charge on any atom is -0.508 e. The molecular formula is C13H18N2O4. The minimum absolute atomic E-state index is 0.119. The zero-order valence-corrected chi connectivity index (χ0v) is 11.0. The number of benzene rings is 1. The SMILES string of the molecule is CCOC(=O)C(N)C(=O)N(C)Cc1cccc(O)c1. The molecule has 0 fully saturated rings. The maximum atomic E-state index is 11.9. The number of nitrogens with zero attached hydrogens (tertiary/aromatic N) is 1. The van der Waals surface area contributed by atoms with E-state index in [9.17, 15) is 14.7 Å². The van der Waals surface area contributed by atoms with Crippen molar-refractivity contribution in [1.29, 1.82) is 0 Å². The third-order valence-electron chi connectivity index (χ3n) is 2.51. The second kappa shape index (κ2) is 6.75. The molecule has 0 radical (unpaired) electrons. The number of phenols is 1. The molecule has 0 spiro atoms. The van der Waals surface area contributed by atoms with Crippen molar-refractivity contribution < 1.29 is 19.4 Å². The Labute approximate surface area is 111 Å². The second-order valence-corrected chi connectivity index (χ2v) is 4.09. The summed E-state index contributed by atoms with van der Waals surface area (Å²) in [5.41, 5.74) is 6.26. The number of rotatable bonds is 5. The highest BCUT2D eigenvalue weighted by Gasteiger charge is 2.26. The van der Waals surface area contributed by atoms with Gasteiger partial charge in [-0.1, -0.05) is 12.1 Å². The van der Waals surface area contributed by atoms with Gasteiger partial charge in [0.15, 0.2) is 6.04 Å². The van der Waals surface area contributed by atoms with Gasteiger partial charge in [0, 0.05) is 13.6 Å². The first-order valence-electron chi connectivity index (χ1n) is 5.90. The molecule has 0 saturated heterocycles. The normalized spacial score (nSPS) is 11.7. The Bertz CT molecular complexity index is 462. The first kappa shape index (κ1) is 15.0. The molecule has 0 aromatic heterocycles. The van der Waals surface area contributed by atoms with E-state index in [4.69, 9.17) is 10.5 Å². The third-order valence-corrected chi connectivity index (χ3v) is 2.51. The molecule has 1 unspecified atom stereocenters. The van der Waals surface area contributed by atoms with E-state index in [1.807, 2.05) is 0 Å². The summed E-state index contributed by atoms with van der Waals surface area (Å²) in [6.07, 6.45) is 0. The Hall–Kier alpha value is -2.08. The summed E-state index contributed by atoms with van der Waals surface area (Å²) in [5.74, 6) is -1.15. The van der Waals surface area contributed by atoms with Gasteiger partial charge in [0.25, 0.3) is 5.91 Å². The van der Waals surface area contributed by atoms with Gasteiger partial charge < -0.3 is 20.5 Å². The number of nitrogens with two attached hydrogens (primary N) is 1. The number of phenolic OH excluding ortho intramolecular Hbond substituents is 1. The highest BCUT2D eigenvalue weighted by Crippen LogP contribution is 2.12. The number of hydrogen-bond acceptors (Lipinski definition) is 5. The van der Waals surface area contributed by atoms with Crippen LogP contribution in [0.25, 0.3) is 0 Å². The molecular weight excluding hydrogens is 248 g/mol. The predicted octanol–water partition coefficient (Wildman–Crippen LogP) is 0.241. The quantitative estimate of drug-likeness (QED) is 0.588. The molecule has 0 saturated carbocycles. The summed E-state index contributed by atoms with van der Waals surface area (Å²) in [5, 5.41) is 9.33. The largest absolute Gasteiger partial charge is 0.508 e. The molecule has 1 amide bonds. The molecule has 1 rings (SSSR count). The number of hydrogen-bond donors (Lipinski definition) is 2. The number of ether oxygens (including phenoxy) is 1. The number of amides is 1. The van der Waals surface area contributed by atoms with Crippen LogP contribution in [-0.4, -0.2) is 41.6 Å². The molecule has 6 nitrogen and oxygen atoms in total. The Balaban J connectivity index is 2.64. The van der Waals surface area contributed by atoms with Gasteiger partial charge in [-0.2, -0.15) is 0 Å². The number of carbonyl (C=O) groups is 2. The third kappa shape index (κ3) is 4.26. The van der Waals surface area contributed by atoms with Gasteiger partial charge in [-0.25, -0.2) is 4.79 Å². The van der Waals surface area contributed by atoms with E-state index in [2.05, 4.69) is 0 Å². The lowest BCUT2D eigenvalue weighted by molar-refractivity contribution is -0.150. The average molecular weight is 266 g/mol. The maximum Gasteiger partial charge on any atom is 0.332 e. The van der Waals surface area contributed by atoms with Crippen LogP contribution in [0.1, 0.15) is 12.5 Å². The first-order chi connectivity index (χ1) is 8.95. The predicted molar refractivity (Wildman–Crippen MR) is 69.2 cm³/mol. The van der Waals surface area contributed by atoms with Crippen LogP contribution in [0.4, 0.5) is 0 Å². The van der Waals surface area contributed by atoms with E-state index >= 15 is 0 Å². The first-order valence-corrected chi connectivity index (χ1v) is 5.90. The molecule has 0 heterocycles. The summed E-state index contributed by atoms with van der Waals surface area (Å²) >= 11 is 0. The monoisotopic (exact) mass is 266 g/mol. The summed E-state index contributed by atoms with van der Waals surface area (Å²) in [6.45, 7) is 2.07. The molecule has 0 aliphatic heterocycles. The van der Waals surface area contributed by atoms with Crippen LogP contribution in [0.2, 0.25) is 0 Å². The van der Waals surface area contributed by atoms with Crippen molar-refractivity contribution in [2.24, 2.45) is 5.73 Å². The minimum atomic E-state index is -1.32. The van der Waals surface area contributed by atoms with Gasteiger partial charge in [0.05, 0.1) is 6.61 Å². The summed E-state index contributed by atoms with van der Waals surface area (Å²) in [7, 11) is 1.53. The molecule has 0 aliphatic rings. The molecule has 1 aromatic rings. The zero-order chi connectivity index (χ0) is 14.4. The van der Waals surface area contributed by atoms with Gasteiger partial charge in [0.1, 0.15) is 5.75 Å². The average Bonchev–Trinajstić information content (AvgIpc) is 2.37.